The zero-order valence-corrected chi connectivity index (χ0v) is 12.0. The van der Waals surface area contributed by atoms with Crippen LogP contribution >= 0.6 is 0 Å². The average molecular weight is 282 g/mol. The Balaban J connectivity index is 2.04. The molecule has 0 aliphatic heterocycles. The lowest BCUT2D eigenvalue weighted by atomic mass is 10.0. The van der Waals surface area contributed by atoms with Crippen LogP contribution in [0.3, 0.4) is 0 Å². The summed E-state index contributed by atoms with van der Waals surface area (Å²) in [4.78, 5) is 9.38. The fraction of sp³-hybridized carbons (Fsp3) is 0. The van der Waals surface area contributed by atoms with Gasteiger partial charge in [-0.15, -0.1) is 0 Å². The summed E-state index contributed by atoms with van der Waals surface area (Å²) in [7, 11) is 0. The van der Waals surface area contributed by atoms with E-state index >= 15 is 0 Å². The number of rotatable bonds is 2. The van der Waals surface area contributed by atoms with Crippen molar-refractivity contribution in [2.24, 2.45) is 0 Å². The maximum Gasteiger partial charge on any atom is 0.0803 e. The fourth-order valence-electron chi connectivity index (χ4n) is 2.65. The number of nitrogens with zero attached hydrogens (tertiary/aromatic N) is 2. The predicted molar refractivity (Wildman–Crippen MR) is 90.4 cm³/mol. The van der Waals surface area contributed by atoms with Crippen LogP contribution in [0.1, 0.15) is 0 Å². The Morgan fingerprint density at radius 3 is 2.27 bits per heavy atom. The standard InChI is InChI=1S/C20H14N2/c1-2-8-15(9-3-1)20-17(19-12-6-7-13-21-19)14-16-10-4-5-11-18(16)22-20/h1-14H. The van der Waals surface area contributed by atoms with Gasteiger partial charge in [0.05, 0.1) is 16.9 Å². The van der Waals surface area contributed by atoms with E-state index in [1.54, 1.807) is 0 Å². The molecule has 0 spiro atoms. The summed E-state index contributed by atoms with van der Waals surface area (Å²) in [5, 5.41) is 1.13. The second-order valence-electron chi connectivity index (χ2n) is 5.16. The van der Waals surface area contributed by atoms with E-state index in [4.69, 9.17) is 4.98 Å². The van der Waals surface area contributed by atoms with Crippen molar-refractivity contribution in [1.82, 2.24) is 9.97 Å². The van der Waals surface area contributed by atoms with E-state index in [9.17, 15) is 0 Å². The second-order valence-corrected chi connectivity index (χ2v) is 5.16. The Labute approximate surface area is 129 Å². The van der Waals surface area contributed by atoms with Gasteiger partial charge in [0.2, 0.25) is 0 Å². The first-order valence-corrected chi connectivity index (χ1v) is 7.28. The van der Waals surface area contributed by atoms with E-state index in [1.165, 1.54) is 0 Å². The number of aromatic nitrogens is 2. The molecule has 0 radical (unpaired) electrons. The number of para-hydroxylation sites is 1. The van der Waals surface area contributed by atoms with Gasteiger partial charge >= 0.3 is 0 Å². The van der Waals surface area contributed by atoms with Crippen LogP contribution in [0, 0.1) is 0 Å². The Morgan fingerprint density at radius 1 is 0.682 bits per heavy atom. The van der Waals surface area contributed by atoms with Gasteiger partial charge in [-0.25, -0.2) is 4.98 Å². The van der Waals surface area contributed by atoms with Gasteiger partial charge in [0, 0.05) is 22.7 Å². The Kier molecular flexibility index (Phi) is 3.13. The van der Waals surface area contributed by atoms with E-state index in [-0.39, 0.29) is 0 Å². The van der Waals surface area contributed by atoms with Crippen LogP contribution in [-0.2, 0) is 0 Å². The molecule has 2 aromatic carbocycles. The normalized spacial score (nSPS) is 10.7. The molecule has 2 heteroatoms. The van der Waals surface area contributed by atoms with Crippen molar-refractivity contribution in [3.8, 4) is 22.5 Å². The molecule has 0 bridgehead atoms. The van der Waals surface area contributed by atoms with Crippen molar-refractivity contribution in [3.63, 3.8) is 0 Å². The van der Waals surface area contributed by atoms with Gasteiger partial charge in [0.15, 0.2) is 0 Å². The van der Waals surface area contributed by atoms with E-state index in [0.717, 1.165) is 33.4 Å². The average Bonchev–Trinajstić information content (AvgIpc) is 2.62. The molecule has 4 rings (SSSR count). The topological polar surface area (TPSA) is 25.8 Å². The Hall–Kier alpha value is -3.00. The van der Waals surface area contributed by atoms with Crippen LogP contribution in [0.15, 0.2) is 85.1 Å². The highest BCUT2D eigenvalue weighted by Crippen LogP contribution is 2.32. The first kappa shape index (κ1) is 12.7. The number of hydrogen-bond donors (Lipinski definition) is 0. The highest BCUT2D eigenvalue weighted by Gasteiger charge is 2.11. The maximum absolute atomic E-state index is 4.88. The molecule has 0 atom stereocenters. The summed E-state index contributed by atoms with van der Waals surface area (Å²) in [6.07, 6.45) is 1.82. The molecular weight excluding hydrogens is 268 g/mol. The molecule has 0 fully saturated rings. The minimum Gasteiger partial charge on any atom is -0.256 e. The number of hydrogen-bond acceptors (Lipinski definition) is 2. The second kappa shape index (κ2) is 5.41. The van der Waals surface area contributed by atoms with Gasteiger partial charge in [0.1, 0.15) is 0 Å². The van der Waals surface area contributed by atoms with E-state index < -0.39 is 0 Å². The molecule has 2 heterocycles. The van der Waals surface area contributed by atoms with E-state index in [0.29, 0.717) is 0 Å². The molecule has 0 aliphatic rings. The molecule has 0 unspecified atom stereocenters. The lowest BCUT2D eigenvalue weighted by Gasteiger charge is -2.10. The van der Waals surface area contributed by atoms with Crippen molar-refractivity contribution in [3.05, 3.63) is 85.1 Å². The molecule has 2 nitrogen and oxygen atoms in total. The van der Waals surface area contributed by atoms with Crippen LogP contribution < -0.4 is 0 Å². The molecule has 0 N–H and O–H groups in total. The zero-order valence-electron chi connectivity index (χ0n) is 12.0. The number of pyridine rings is 2. The predicted octanol–water partition coefficient (Wildman–Crippen LogP) is 4.96. The maximum atomic E-state index is 4.88. The summed E-state index contributed by atoms with van der Waals surface area (Å²) in [6, 6.07) is 26.6. The van der Waals surface area contributed by atoms with Crippen molar-refractivity contribution < 1.29 is 0 Å². The van der Waals surface area contributed by atoms with Crippen LogP contribution in [0.25, 0.3) is 33.4 Å². The molecule has 0 saturated carbocycles. The smallest absolute Gasteiger partial charge is 0.0803 e. The van der Waals surface area contributed by atoms with Gasteiger partial charge in [-0.2, -0.15) is 0 Å². The largest absolute Gasteiger partial charge is 0.256 e. The number of fused-ring (bicyclic) bond motifs is 1. The molecular formula is C20H14N2. The number of benzene rings is 2. The van der Waals surface area contributed by atoms with E-state index in [1.807, 2.05) is 60.8 Å². The molecule has 0 aliphatic carbocycles. The van der Waals surface area contributed by atoms with E-state index in [2.05, 4.69) is 29.2 Å². The fourth-order valence-corrected chi connectivity index (χ4v) is 2.65. The van der Waals surface area contributed by atoms with Crippen LogP contribution in [0.2, 0.25) is 0 Å². The van der Waals surface area contributed by atoms with Gasteiger partial charge in [-0.1, -0.05) is 54.6 Å². The Bertz CT molecular complexity index is 838. The third-order valence-electron chi connectivity index (χ3n) is 3.71. The third kappa shape index (κ3) is 2.25. The quantitative estimate of drug-likeness (QED) is 0.519. The minimum atomic E-state index is 0.944. The molecule has 0 amide bonds. The van der Waals surface area contributed by atoms with Crippen LogP contribution in [0.4, 0.5) is 0 Å². The summed E-state index contributed by atoms with van der Waals surface area (Å²) in [6.45, 7) is 0. The van der Waals surface area contributed by atoms with Crippen molar-refractivity contribution in [2.75, 3.05) is 0 Å². The monoisotopic (exact) mass is 282 g/mol. The third-order valence-corrected chi connectivity index (χ3v) is 3.71. The van der Waals surface area contributed by atoms with Crippen molar-refractivity contribution in [1.29, 1.82) is 0 Å². The molecule has 22 heavy (non-hydrogen) atoms. The van der Waals surface area contributed by atoms with Gasteiger partial charge in [0.25, 0.3) is 0 Å². The lowest BCUT2D eigenvalue weighted by molar-refractivity contribution is 1.31. The molecule has 0 saturated heterocycles. The van der Waals surface area contributed by atoms with Crippen LogP contribution in [-0.4, -0.2) is 9.97 Å². The van der Waals surface area contributed by atoms with Gasteiger partial charge in [-0.3, -0.25) is 4.98 Å². The highest BCUT2D eigenvalue weighted by atomic mass is 14.7. The van der Waals surface area contributed by atoms with Crippen LogP contribution in [0.5, 0.6) is 0 Å². The molecule has 4 aromatic rings. The van der Waals surface area contributed by atoms with Crippen molar-refractivity contribution in [2.45, 2.75) is 0 Å². The summed E-state index contributed by atoms with van der Waals surface area (Å²) in [5.74, 6) is 0. The van der Waals surface area contributed by atoms with Crippen molar-refractivity contribution >= 4 is 10.9 Å². The van der Waals surface area contributed by atoms with Gasteiger partial charge in [-0.05, 0) is 24.3 Å². The first-order chi connectivity index (χ1) is 10.9. The lowest BCUT2D eigenvalue weighted by Crippen LogP contribution is -1.92. The summed E-state index contributed by atoms with van der Waals surface area (Å²) in [5.41, 5.74) is 5.08. The highest BCUT2D eigenvalue weighted by molar-refractivity contribution is 5.90. The summed E-state index contributed by atoms with van der Waals surface area (Å²) < 4.78 is 0. The first-order valence-electron chi connectivity index (χ1n) is 7.28. The Morgan fingerprint density at radius 2 is 1.45 bits per heavy atom. The zero-order chi connectivity index (χ0) is 14.8. The summed E-state index contributed by atoms with van der Waals surface area (Å²) >= 11 is 0. The molecule has 2 aromatic heterocycles. The molecule has 104 valence electrons. The SMILES string of the molecule is c1ccc(-c2nc3ccccc3cc2-c2ccccn2)cc1. The minimum absolute atomic E-state index is 0.944. The van der Waals surface area contributed by atoms with Gasteiger partial charge < -0.3 is 0 Å².